The minimum atomic E-state index is -0.486. The van der Waals surface area contributed by atoms with Crippen LogP contribution in [0.5, 0.6) is 5.75 Å². The van der Waals surface area contributed by atoms with Gasteiger partial charge in [0, 0.05) is 24.7 Å². The number of ether oxygens (including phenoxy) is 2. The minimum Gasteiger partial charge on any atom is -0.490 e. The van der Waals surface area contributed by atoms with Crippen molar-refractivity contribution >= 4 is 6.09 Å². The van der Waals surface area contributed by atoms with Gasteiger partial charge in [0.1, 0.15) is 18.0 Å². The zero-order valence-electron chi connectivity index (χ0n) is 16.4. The molecule has 0 unspecified atom stereocenters. The van der Waals surface area contributed by atoms with Crippen molar-refractivity contribution in [1.82, 2.24) is 9.88 Å². The van der Waals surface area contributed by atoms with Gasteiger partial charge >= 0.3 is 6.09 Å². The molecule has 1 saturated heterocycles. The molecule has 142 valence electrons. The molecule has 5 nitrogen and oxygen atoms in total. The lowest BCUT2D eigenvalue weighted by Gasteiger charge is -2.28. The summed E-state index contributed by atoms with van der Waals surface area (Å²) in [5, 5.41) is 0. The molecule has 1 aliphatic heterocycles. The first-order valence-electron chi connectivity index (χ1n) is 9.45. The molecule has 2 rings (SSSR count). The third-order valence-electron chi connectivity index (χ3n) is 4.05. The van der Waals surface area contributed by atoms with Gasteiger partial charge in [-0.3, -0.25) is 4.98 Å². The number of rotatable bonds is 5. The van der Waals surface area contributed by atoms with E-state index in [4.69, 9.17) is 9.47 Å². The number of pyridine rings is 1. The van der Waals surface area contributed by atoms with Gasteiger partial charge in [0.2, 0.25) is 0 Å². The predicted molar refractivity (Wildman–Crippen MR) is 102 cm³/mol. The first-order valence-corrected chi connectivity index (χ1v) is 9.45. The molecule has 0 N–H and O–H groups in total. The molecule has 0 aliphatic carbocycles. The number of unbranched alkanes of at least 4 members (excludes halogenated alkanes) is 2. The van der Waals surface area contributed by atoms with Gasteiger partial charge in [-0.05, 0) is 46.1 Å². The largest absolute Gasteiger partial charge is 0.490 e. The zero-order valence-corrected chi connectivity index (χ0v) is 16.4. The first kappa shape index (κ1) is 20.1. The molecule has 0 saturated carbocycles. The summed E-state index contributed by atoms with van der Waals surface area (Å²) in [6.07, 6.45) is 8.20. The third kappa shape index (κ3) is 6.59. The average molecular weight is 358 g/mol. The van der Waals surface area contributed by atoms with Crippen LogP contribution >= 0.6 is 0 Å². The molecule has 1 atom stereocenters. The van der Waals surface area contributed by atoms with Crippen molar-refractivity contribution in [2.45, 2.75) is 71.4 Å². The van der Waals surface area contributed by atoms with Crippen molar-refractivity contribution < 1.29 is 14.3 Å². The molecule has 26 heavy (non-hydrogen) atoms. The van der Waals surface area contributed by atoms with Gasteiger partial charge in [0.25, 0.3) is 0 Å². The second-order valence-electron chi connectivity index (χ2n) is 7.60. The highest BCUT2D eigenvalue weighted by molar-refractivity contribution is 5.69. The lowest BCUT2D eigenvalue weighted by molar-refractivity contribution is 0.0187. The number of carbonyl (C=O) groups is 1. The smallest absolute Gasteiger partial charge is 0.410 e. The number of hydrogen-bond acceptors (Lipinski definition) is 4. The Morgan fingerprint density at radius 3 is 2.92 bits per heavy atom. The van der Waals surface area contributed by atoms with Crippen LogP contribution < -0.4 is 4.74 Å². The van der Waals surface area contributed by atoms with Crippen molar-refractivity contribution in [3.63, 3.8) is 0 Å². The lowest BCUT2D eigenvalue weighted by atomic mass is 10.2. The van der Waals surface area contributed by atoms with Crippen LogP contribution in [0.4, 0.5) is 4.79 Å². The maximum absolute atomic E-state index is 12.3. The van der Waals surface area contributed by atoms with Crippen LogP contribution in [0.2, 0.25) is 0 Å². The molecule has 1 amide bonds. The van der Waals surface area contributed by atoms with E-state index in [1.807, 2.05) is 26.8 Å². The summed E-state index contributed by atoms with van der Waals surface area (Å²) in [7, 11) is 0. The van der Waals surface area contributed by atoms with E-state index >= 15 is 0 Å². The standard InChI is InChI=1S/C21H30N2O3/c1-5-6-7-8-10-17-13-19(15-22-14-17)25-16-18-11-9-12-23(18)20(24)26-21(2,3)4/h13-15,18H,5-7,9,11-12,16H2,1-4H3/t18-/m1/s1. The van der Waals surface area contributed by atoms with E-state index < -0.39 is 5.60 Å². The summed E-state index contributed by atoms with van der Waals surface area (Å²) in [5.74, 6) is 6.96. The van der Waals surface area contributed by atoms with Crippen molar-refractivity contribution in [3.8, 4) is 17.6 Å². The Hall–Kier alpha value is -2.22. The Morgan fingerprint density at radius 1 is 1.38 bits per heavy atom. The Kier molecular flexibility index (Phi) is 7.32. The lowest BCUT2D eigenvalue weighted by Crippen LogP contribution is -2.42. The topological polar surface area (TPSA) is 51.7 Å². The van der Waals surface area contributed by atoms with Crippen molar-refractivity contribution in [3.05, 3.63) is 24.0 Å². The molecule has 0 aromatic carbocycles. The second kappa shape index (κ2) is 9.47. The molecule has 0 radical (unpaired) electrons. The molecule has 2 heterocycles. The Balaban J connectivity index is 1.91. The minimum absolute atomic E-state index is 0.0316. The van der Waals surface area contributed by atoms with Crippen LogP contribution in [-0.4, -0.2) is 40.8 Å². The van der Waals surface area contributed by atoms with E-state index in [1.165, 1.54) is 0 Å². The maximum atomic E-state index is 12.3. The van der Waals surface area contributed by atoms with E-state index in [0.717, 1.165) is 37.7 Å². The van der Waals surface area contributed by atoms with Crippen molar-refractivity contribution in [2.24, 2.45) is 0 Å². The molecule has 0 spiro atoms. The van der Waals surface area contributed by atoms with Crippen LogP contribution in [-0.2, 0) is 4.74 Å². The van der Waals surface area contributed by atoms with Crippen molar-refractivity contribution in [2.75, 3.05) is 13.2 Å². The predicted octanol–water partition coefficient (Wildman–Crippen LogP) is 4.40. The molecule has 1 fully saturated rings. The molecule has 1 aromatic rings. The van der Waals surface area contributed by atoms with Gasteiger partial charge in [-0.2, -0.15) is 0 Å². The fraction of sp³-hybridized carbons (Fsp3) is 0.619. The van der Waals surface area contributed by atoms with Crippen LogP contribution in [0.25, 0.3) is 0 Å². The van der Waals surface area contributed by atoms with Gasteiger partial charge in [-0.1, -0.05) is 25.2 Å². The molecule has 1 aromatic heterocycles. The SMILES string of the molecule is CCCCC#Cc1cncc(OC[C@H]2CCCN2C(=O)OC(C)(C)C)c1. The molecule has 5 heteroatoms. The number of aromatic nitrogens is 1. The quantitative estimate of drug-likeness (QED) is 0.578. The Labute approximate surface area is 157 Å². The number of nitrogens with zero attached hydrogens (tertiary/aromatic N) is 2. The maximum Gasteiger partial charge on any atom is 0.410 e. The Morgan fingerprint density at radius 2 is 2.19 bits per heavy atom. The highest BCUT2D eigenvalue weighted by Gasteiger charge is 2.32. The van der Waals surface area contributed by atoms with E-state index in [9.17, 15) is 4.79 Å². The van der Waals surface area contributed by atoms with Gasteiger partial charge in [0.15, 0.2) is 0 Å². The summed E-state index contributed by atoms with van der Waals surface area (Å²) >= 11 is 0. The summed E-state index contributed by atoms with van der Waals surface area (Å²) in [4.78, 5) is 18.3. The van der Waals surface area contributed by atoms with Gasteiger partial charge < -0.3 is 14.4 Å². The van der Waals surface area contributed by atoms with Gasteiger partial charge in [-0.25, -0.2) is 4.79 Å². The van der Waals surface area contributed by atoms with Crippen LogP contribution in [0.3, 0.4) is 0 Å². The van der Waals surface area contributed by atoms with Crippen LogP contribution in [0.15, 0.2) is 18.5 Å². The summed E-state index contributed by atoms with van der Waals surface area (Å²) in [5.41, 5.74) is 0.369. The van der Waals surface area contributed by atoms with Crippen LogP contribution in [0, 0.1) is 11.8 Å². The Bertz CT molecular complexity index is 655. The number of carbonyl (C=O) groups excluding carboxylic acids is 1. The number of amides is 1. The molecule has 0 bridgehead atoms. The highest BCUT2D eigenvalue weighted by Crippen LogP contribution is 2.22. The first-order chi connectivity index (χ1) is 12.4. The fourth-order valence-electron chi connectivity index (χ4n) is 2.76. The third-order valence-corrected chi connectivity index (χ3v) is 4.05. The summed E-state index contributed by atoms with van der Waals surface area (Å²) < 4.78 is 11.4. The monoisotopic (exact) mass is 358 g/mol. The highest BCUT2D eigenvalue weighted by atomic mass is 16.6. The van der Waals surface area contributed by atoms with E-state index in [1.54, 1.807) is 17.3 Å². The van der Waals surface area contributed by atoms with E-state index in [-0.39, 0.29) is 12.1 Å². The normalized spacial score (nSPS) is 16.8. The second-order valence-corrected chi connectivity index (χ2v) is 7.60. The average Bonchev–Trinajstić information content (AvgIpc) is 3.05. The van der Waals surface area contributed by atoms with Crippen LogP contribution in [0.1, 0.15) is 65.4 Å². The van der Waals surface area contributed by atoms with Crippen molar-refractivity contribution in [1.29, 1.82) is 0 Å². The van der Waals surface area contributed by atoms with Gasteiger partial charge in [-0.15, -0.1) is 0 Å². The summed E-state index contributed by atoms with van der Waals surface area (Å²) in [6.45, 7) is 8.95. The fourth-order valence-corrected chi connectivity index (χ4v) is 2.76. The molecular formula is C21H30N2O3. The zero-order chi connectivity index (χ0) is 19.0. The summed E-state index contributed by atoms with van der Waals surface area (Å²) in [6, 6.07) is 1.93. The van der Waals surface area contributed by atoms with E-state index in [2.05, 4.69) is 23.7 Å². The van der Waals surface area contributed by atoms with Gasteiger partial charge in [0.05, 0.1) is 12.2 Å². The molecular weight excluding hydrogens is 328 g/mol. The number of likely N-dealkylation sites (tertiary alicyclic amines) is 1. The number of hydrogen-bond donors (Lipinski definition) is 0. The molecule has 1 aliphatic rings. The van der Waals surface area contributed by atoms with E-state index in [0.29, 0.717) is 18.9 Å².